The summed E-state index contributed by atoms with van der Waals surface area (Å²) in [6, 6.07) is 17.3. The monoisotopic (exact) mass is 378 g/mol. The molecule has 4 amide bonds. The summed E-state index contributed by atoms with van der Waals surface area (Å²) >= 11 is 0. The summed E-state index contributed by atoms with van der Waals surface area (Å²) in [4.78, 5) is 36.8. The molecule has 0 unspecified atom stereocenters. The van der Waals surface area contributed by atoms with Gasteiger partial charge in [-0.15, -0.1) is 0 Å². The quantitative estimate of drug-likeness (QED) is 0.460. The molecule has 1 fully saturated rings. The molecule has 2 aromatic rings. The molecule has 0 spiro atoms. The van der Waals surface area contributed by atoms with Crippen LogP contribution in [0.3, 0.4) is 0 Å². The predicted octanol–water partition coefficient (Wildman–Crippen LogP) is 2.52. The zero-order chi connectivity index (χ0) is 20.1. The summed E-state index contributed by atoms with van der Waals surface area (Å²) < 4.78 is 0. The lowest BCUT2D eigenvalue weighted by Crippen LogP contribution is -2.40. The van der Waals surface area contributed by atoms with Crippen LogP contribution in [0.5, 0.6) is 0 Å². The van der Waals surface area contributed by atoms with Crippen molar-refractivity contribution in [3.8, 4) is 11.1 Å². The summed E-state index contributed by atoms with van der Waals surface area (Å²) in [7, 11) is 0. The molecule has 2 N–H and O–H groups in total. The number of imide groups is 1. The minimum Gasteiger partial charge on any atom is -0.324 e. The number of hydrazone groups is 1. The van der Waals surface area contributed by atoms with Crippen molar-refractivity contribution in [1.82, 2.24) is 15.6 Å². The van der Waals surface area contributed by atoms with E-state index in [4.69, 9.17) is 0 Å². The highest BCUT2D eigenvalue weighted by Gasteiger charge is 2.43. The maximum absolute atomic E-state index is 12.1. The van der Waals surface area contributed by atoms with E-state index >= 15 is 0 Å². The van der Waals surface area contributed by atoms with Crippen LogP contribution in [0.2, 0.25) is 0 Å². The van der Waals surface area contributed by atoms with Crippen molar-refractivity contribution < 1.29 is 14.4 Å². The normalized spacial score (nSPS) is 15.7. The van der Waals surface area contributed by atoms with Crippen LogP contribution >= 0.6 is 0 Å². The number of hydrogen-bond acceptors (Lipinski definition) is 4. The van der Waals surface area contributed by atoms with Crippen molar-refractivity contribution in [2.45, 2.75) is 25.8 Å². The molecular weight excluding hydrogens is 356 g/mol. The van der Waals surface area contributed by atoms with Crippen LogP contribution in [-0.4, -0.2) is 41.0 Å². The van der Waals surface area contributed by atoms with Crippen LogP contribution in [0.4, 0.5) is 4.79 Å². The minimum atomic E-state index is -0.933. The Kier molecular flexibility index (Phi) is 5.54. The lowest BCUT2D eigenvalue weighted by Gasteiger charge is -2.15. The van der Waals surface area contributed by atoms with Crippen molar-refractivity contribution >= 4 is 24.1 Å². The molecule has 0 saturated carbocycles. The van der Waals surface area contributed by atoms with E-state index < -0.39 is 11.6 Å². The standard InChI is InChI=1S/C21H22N4O3/c1-21(2)19(27)25(20(28)23-21)13-12-18(26)24-22-14-15-8-10-17(11-9-15)16-6-4-3-5-7-16/h3-11,14H,12-13H2,1-2H3,(H,23,28)(H,24,26)/b22-14-. The highest BCUT2D eigenvalue weighted by molar-refractivity contribution is 6.06. The van der Waals surface area contributed by atoms with E-state index in [-0.39, 0.29) is 24.8 Å². The summed E-state index contributed by atoms with van der Waals surface area (Å²) in [5.41, 5.74) is 4.55. The lowest BCUT2D eigenvalue weighted by atomic mass is 10.0. The Morgan fingerprint density at radius 3 is 2.32 bits per heavy atom. The minimum absolute atomic E-state index is 0.0144. The Labute approximate surface area is 163 Å². The van der Waals surface area contributed by atoms with E-state index in [2.05, 4.69) is 15.8 Å². The van der Waals surface area contributed by atoms with Crippen LogP contribution in [0.15, 0.2) is 59.7 Å². The first-order chi connectivity index (χ1) is 13.4. The number of nitrogens with one attached hydrogen (secondary N) is 2. The smallest absolute Gasteiger partial charge is 0.324 e. The second kappa shape index (κ2) is 8.04. The van der Waals surface area contributed by atoms with E-state index in [9.17, 15) is 14.4 Å². The molecule has 0 aromatic heterocycles. The molecule has 1 aliphatic rings. The zero-order valence-corrected chi connectivity index (χ0v) is 15.8. The number of amides is 4. The van der Waals surface area contributed by atoms with Gasteiger partial charge < -0.3 is 5.32 Å². The molecule has 1 saturated heterocycles. The van der Waals surface area contributed by atoms with E-state index in [1.165, 1.54) is 0 Å². The topological polar surface area (TPSA) is 90.9 Å². The van der Waals surface area contributed by atoms with E-state index in [1.54, 1.807) is 20.1 Å². The Hall–Kier alpha value is -3.48. The van der Waals surface area contributed by atoms with E-state index in [0.717, 1.165) is 21.6 Å². The van der Waals surface area contributed by atoms with Gasteiger partial charge in [-0.05, 0) is 30.5 Å². The number of hydrogen-bond donors (Lipinski definition) is 2. The third-order valence-electron chi connectivity index (χ3n) is 4.43. The molecule has 0 bridgehead atoms. The Morgan fingerprint density at radius 2 is 1.71 bits per heavy atom. The van der Waals surface area contributed by atoms with Crippen molar-refractivity contribution in [1.29, 1.82) is 0 Å². The summed E-state index contributed by atoms with van der Waals surface area (Å²) in [6.45, 7) is 3.27. The molecule has 7 nitrogen and oxygen atoms in total. The Bertz CT molecular complexity index is 905. The molecular formula is C21H22N4O3. The molecule has 1 heterocycles. The summed E-state index contributed by atoms with van der Waals surface area (Å²) in [5.74, 6) is -0.713. The Morgan fingerprint density at radius 1 is 1.07 bits per heavy atom. The largest absolute Gasteiger partial charge is 0.325 e. The second-order valence-electron chi connectivity index (χ2n) is 7.04. The van der Waals surface area contributed by atoms with Gasteiger partial charge in [0.15, 0.2) is 0 Å². The van der Waals surface area contributed by atoms with Gasteiger partial charge in [-0.25, -0.2) is 10.2 Å². The lowest BCUT2D eigenvalue weighted by molar-refractivity contribution is -0.130. The first kappa shape index (κ1) is 19.3. The van der Waals surface area contributed by atoms with Crippen LogP contribution in [0, 0.1) is 0 Å². The zero-order valence-electron chi connectivity index (χ0n) is 15.8. The van der Waals surface area contributed by atoms with Gasteiger partial charge in [0, 0.05) is 13.0 Å². The number of nitrogens with zero attached hydrogens (tertiary/aromatic N) is 2. The number of carbonyl (C=O) groups is 3. The van der Waals surface area contributed by atoms with Gasteiger partial charge >= 0.3 is 6.03 Å². The number of benzene rings is 2. The molecule has 2 aromatic carbocycles. The molecule has 0 atom stereocenters. The first-order valence-corrected chi connectivity index (χ1v) is 8.98. The van der Waals surface area contributed by atoms with E-state index in [0.29, 0.717) is 0 Å². The third-order valence-corrected chi connectivity index (χ3v) is 4.43. The molecule has 7 heteroatoms. The average Bonchev–Trinajstić information content (AvgIpc) is 2.88. The fraction of sp³-hybridized carbons (Fsp3) is 0.238. The second-order valence-corrected chi connectivity index (χ2v) is 7.04. The van der Waals surface area contributed by atoms with Gasteiger partial charge in [-0.1, -0.05) is 54.6 Å². The van der Waals surface area contributed by atoms with Gasteiger partial charge in [-0.3, -0.25) is 14.5 Å². The molecule has 0 radical (unpaired) electrons. The molecule has 3 rings (SSSR count). The SMILES string of the molecule is CC1(C)NC(=O)N(CCC(=O)N/N=C\c2ccc(-c3ccccc3)cc2)C1=O. The molecule has 1 aliphatic heterocycles. The highest BCUT2D eigenvalue weighted by Crippen LogP contribution is 2.19. The number of carbonyl (C=O) groups excluding carboxylic acids is 3. The van der Waals surface area contributed by atoms with Gasteiger partial charge in [0.05, 0.1) is 6.21 Å². The number of rotatable bonds is 6. The van der Waals surface area contributed by atoms with Crippen molar-refractivity contribution in [2.24, 2.45) is 5.10 Å². The summed E-state index contributed by atoms with van der Waals surface area (Å²) in [6.07, 6.45) is 1.53. The third kappa shape index (κ3) is 4.43. The van der Waals surface area contributed by atoms with E-state index in [1.807, 2.05) is 54.6 Å². The van der Waals surface area contributed by atoms with Crippen LogP contribution in [-0.2, 0) is 9.59 Å². The fourth-order valence-corrected chi connectivity index (χ4v) is 2.86. The van der Waals surface area contributed by atoms with Crippen molar-refractivity contribution in [3.05, 3.63) is 60.2 Å². The van der Waals surface area contributed by atoms with Crippen LogP contribution < -0.4 is 10.7 Å². The van der Waals surface area contributed by atoms with Gasteiger partial charge in [0.2, 0.25) is 5.91 Å². The average molecular weight is 378 g/mol. The van der Waals surface area contributed by atoms with Crippen molar-refractivity contribution in [3.63, 3.8) is 0 Å². The molecule has 144 valence electrons. The van der Waals surface area contributed by atoms with Crippen LogP contribution in [0.1, 0.15) is 25.8 Å². The highest BCUT2D eigenvalue weighted by atomic mass is 16.2. The van der Waals surface area contributed by atoms with Gasteiger partial charge in [0.25, 0.3) is 5.91 Å². The van der Waals surface area contributed by atoms with Gasteiger partial charge in [-0.2, -0.15) is 5.10 Å². The molecule has 0 aliphatic carbocycles. The predicted molar refractivity (Wildman–Crippen MR) is 107 cm³/mol. The Balaban J connectivity index is 1.49. The van der Waals surface area contributed by atoms with Crippen LogP contribution in [0.25, 0.3) is 11.1 Å². The molecule has 28 heavy (non-hydrogen) atoms. The first-order valence-electron chi connectivity index (χ1n) is 8.98. The fourth-order valence-electron chi connectivity index (χ4n) is 2.86. The number of urea groups is 1. The summed E-state index contributed by atoms with van der Waals surface area (Å²) in [5, 5.41) is 6.50. The maximum Gasteiger partial charge on any atom is 0.325 e. The van der Waals surface area contributed by atoms with Gasteiger partial charge in [0.1, 0.15) is 5.54 Å². The van der Waals surface area contributed by atoms with Crippen molar-refractivity contribution in [2.75, 3.05) is 6.54 Å². The maximum atomic E-state index is 12.1.